The van der Waals surface area contributed by atoms with Crippen LogP contribution in [0.3, 0.4) is 0 Å². The van der Waals surface area contributed by atoms with Crippen molar-refractivity contribution in [3.8, 4) is 0 Å². The molecule has 1 fully saturated rings. The summed E-state index contributed by atoms with van der Waals surface area (Å²) in [5.41, 5.74) is -2.75. The van der Waals surface area contributed by atoms with Gasteiger partial charge in [0.1, 0.15) is 5.92 Å². The van der Waals surface area contributed by atoms with Gasteiger partial charge in [0.2, 0.25) is 5.72 Å². The lowest BCUT2D eigenvalue weighted by molar-refractivity contribution is -0.287. The predicted molar refractivity (Wildman–Crippen MR) is 95.9 cm³/mol. The number of alkyl halides is 3. The molecule has 0 bridgehead atoms. The maximum atomic E-state index is 13.8. The number of Topliss-reactive ketones (excluding diaryl/α,β-unsaturated/α-hetero) is 1. The first-order valence-corrected chi connectivity index (χ1v) is 8.65. The smallest absolute Gasteiger partial charge is 0.363 e. The molecule has 0 radical (unpaired) electrons. The van der Waals surface area contributed by atoms with Crippen molar-refractivity contribution < 1.29 is 27.9 Å². The lowest BCUT2D eigenvalue weighted by atomic mass is 9.77. The fraction of sp³-hybridized carbons (Fsp3) is 0.263. The van der Waals surface area contributed by atoms with Crippen LogP contribution in [0, 0.1) is 12.8 Å². The second-order valence-electron chi connectivity index (χ2n) is 6.60. The Morgan fingerprint density at radius 1 is 1.11 bits per heavy atom. The predicted octanol–water partition coefficient (Wildman–Crippen LogP) is 3.75. The van der Waals surface area contributed by atoms with Crippen molar-refractivity contribution in [1.82, 2.24) is 10.6 Å². The van der Waals surface area contributed by atoms with Gasteiger partial charge < -0.3 is 15.7 Å². The lowest BCUT2D eigenvalue weighted by Crippen LogP contribution is -2.72. The van der Waals surface area contributed by atoms with E-state index in [-0.39, 0.29) is 11.1 Å². The molecule has 1 saturated heterocycles. The quantitative estimate of drug-likeness (QED) is 0.672. The maximum absolute atomic E-state index is 13.8. The average Bonchev–Trinajstić information content (AvgIpc) is 2.61. The van der Waals surface area contributed by atoms with Crippen molar-refractivity contribution in [1.29, 1.82) is 0 Å². The number of rotatable bonds is 3. The van der Waals surface area contributed by atoms with Gasteiger partial charge in [-0.2, -0.15) is 13.2 Å². The summed E-state index contributed by atoms with van der Waals surface area (Å²) in [6.45, 7) is 1.76. The standard InChI is InChI=1S/C19H16ClF3N2O3/c1-10-2-4-12(5-3-10)16(26)14-15(11-6-8-13(20)9-7-11)24-17(27)25-18(14,28)19(21,22)23/h2-9,14-15,28H,1H3,(H2,24,25,27)/t14-,15+,18+/m0/s1. The molecule has 0 unspecified atom stereocenters. The Kier molecular flexibility index (Phi) is 5.12. The zero-order valence-electron chi connectivity index (χ0n) is 14.5. The van der Waals surface area contributed by atoms with Gasteiger partial charge in [0.05, 0.1) is 6.04 Å². The van der Waals surface area contributed by atoms with Gasteiger partial charge in [-0.25, -0.2) is 4.79 Å². The molecule has 2 amide bonds. The third-order valence-electron chi connectivity index (χ3n) is 4.65. The lowest BCUT2D eigenvalue weighted by Gasteiger charge is -2.45. The van der Waals surface area contributed by atoms with Gasteiger partial charge in [0.25, 0.3) is 0 Å². The second kappa shape index (κ2) is 7.10. The van der Waals surface area contributed by atoms with Crippen LogP contribution in [0.4, 0.5) is 18.0 Å². The third-order valence-corrected chi connectivity index (χ3v) is 4.91. The van der Waals surface area contributed by atoms with Gasteiger partial charge in [-0.3, -0.25) is 4.79 Å². The first-order chi connectivity index (χ1) is 13.0. The molecular formula is C19H16ClF3N2O3. The molecule has 1 aliphatic heterocycles. The van der Waals surface area contributed by atoms with Crippen LogP contribution in [0.2, 0.25) is 5.02 Å². The van der Waals surface area contributed by atoms with Crippen LogP contribution in [-0.4, -0.2) is 28.8 Å². The van der Waals surface area contributed by atoms with Gasteiger partial charge in [-0.1, -0.05) is 53.6 Å². The summed E-state index contributed by atoms with van der Waals surface area (Å²) in [5.74, 6) is -3.03. The third kappa shape index (κ3) is 3.57. The van der Waals surface area contributed by atoms with Gasteiger partial charge >= 0.3 is 12.2 Å². The number of hydrogen-bond donors (Lipinski definition) is 3. The first-order valence-electron chi connectivity index (χ1n) is 8.27. The monoisotopic (exact) mass is 412 g/mol. The first kappa shape index (κ1) is 20.2. The molecule has 3 N–H and O–H groups in total. The number of benzene rings is 2. The molecule has 1 aliphatic rings. The molecule has 3 atom stereocenters. The molecule has 0 saturated carbocycles. The maximum Gasteiger partial charge on any atom is 0.437 e. The summed E-state index contributed by atoms with van der Waals surface area (Å²) in [7, 11) is 0. The Morgan fingerprint density at radius 3 is 2.21 bits per heavy atom. The SMILES string of the molecule is Cc1ccc(C(=O)[C@@H]2[C@@H](c3ccc(Cl)cc3)NC(=O)N[C@]2(O)C(F)(F)F)cc1. The normalized spacial score (nSPS) is 25.0. The van der Waals surface area contributed by atoms with E-state index < -0.39 is 35.7 Å². The fourth-order valence-corrected chi connectivity index (χ4v) is 3.31. The molecule has 148 valence electrons. The van der Waals surface area contributed by atoms with E-state index in [0.29, 0.717) is 5.02 Å². The molecule has 2 aromatic rings. The number of nitrogens with one attached hydrogen (secondary N) is 2. The molecule has 3 rings (SSSR count). The van der Waals surface area contributed by atoms with Crippen molar-refractivity contribution in [2.45, 2.75) is 24.9 Å². The van der Waals surface area contributed by atoms with E-state index in [2.05, 4.69) is 5.32 Å². The molecule has 0 aromatic heterocycles. The van der Waals surface area contributed by atoms with Crippen molar-refractivity contribution in [3.63, 3.8) is 0 Å². The number of ketones is 1. The number of carbonyl (C=O) groups excluding carboxylic acids is 2. The van der Waals surface area contributed by atoms with E-state index in [1.165, 1.54) is 41.7 Å². The number of aliphatic hydroxyl groups is 1. The van der Waals surface area contributed by atoms with Gasteiger partial charge in [0, 0.05) is 10.6 Å². The fourth-order valence-electron chi connectivity index (χ4n) is 3.18. The molecule has 9 heteroatoms. The van der Waals surface area contributed by atoms with Crippen molar-refractivity contribution in [3.05, 3.63) is 70.2 Å². The summed E-state index contributed by atoms with van der Waals surface area (Å²) >= 11 is 5.82. The Labute approximate surface area is 163 Å². The largest absolute Gasteiger partial charge is 0.437 e. The van der Waals surface area contributed by atoms with Crippen molar-refractivity contribution in [2.75, 3.05) is 0 Å². The average molecular weight is 413 g/mol. The van der Waals surface area contributed by atoms with Crippen LogP contribution in [0.15, 0.2) is 48.5 Å². The van der Waals surface area contributed by atoms with E-state index in [1.807, 2.05) is 0 Å². The number of amides is 2. The summed E-state index contributed by atoms with van der Waals surface area (Å²) < 4.78 is 41.3. The molecule has 1 heterocycles. The highest BCUT2D eigenvalue weighted by atomic mass is 35.5. The van der Waals surface area contributed by atoms with Gasteiger partial charge in [-0.15, -0.1) is 0 Å². The molecule has 28 heavy (non-hydrogen) atoms. The zero-order valence-corrected chi connectivity index (χ0v) is 15.3. The Bertz CT molecular complexity index is 900. The highest BCUT2D eigenvalue weighted by Crippen LogP contribution is 2.44. The second-order valence-corrected chi connectivity index (χ2v) is 7.04. The topological polar surface area (TPSA) is 78.4 Å². The minimum Gasteiger partial charge on any atom is -0.363 e. The van der Waals surface area contributed by atoms with Crippen molar-refractivity contribution in [2.24, 2.45) is 5.92 Å². The Morgan fingerprint density at radius 2 is 1.68 bits per heavy atom. The number of aryl methyl sites for hydroxylation is 1. The number of carbonyl (C=O) groups is 2. The molecule has 0 aliphatic carbocycles. The van der Waals surface area contributed by atoms with E-state index in [9.17, 15) is 27.9 Å². The van der Waals surface area contributed by atoms with E-state index in [0.717, 1.165) is 5.56 Å². The molecule has 2 aromatic carbocycles. The highest BCUT2D eigenvalue weighted by molar-refractivity contribution is 6.30. The molecule has 5 nitrogen and oxygen atoms in total. The minimum atomic E-state index is -5.29. The van der Waals surface area contributed by atoms with Crippen LogP contribution in [0.5, 0.6) is 0 Å². The highest BCUT2D eigenvalue weighted by Gasteiger charge is 2.66. The molecule has 0 spiro atoms. The Hall–Kier alpha value is -2.58. The van der Waals surface area contributed by atoms with Crippen molar-refractivity contribution >= 4 is 23.4 Å². The zero-order chi connectivity index (χ0) is 20.7. The molecular weight excluding hydrogens is 397 g/mol. The summed E-state index contributed by atoms with van der Waals surface area (Å²) in [5, 5.41) is 14.6. The number of hydrogen-bond acceptors (Lipinski definition) is 3. The number of halogens is 4. The van der Waals surface area contributed by atoms with Crippen LogP contribution in [-0.2, 0) is 0 Å². The van der Waals surface area contributed by atoms with Crippen LogP contribution >= 0.6 is 11.6 Å². The van der Waals surface area contributed by atoms with Crippen LogP contribution in [0.1, 0.15) is 27.5 Å². The summed E-state index contributed by atoms with van der Waals surface area (Å²) in [4.78, 5) is 25.0. The van der Waals surface area contributed by atoms with Crippen LogP contribution < -0.4 is 10.6 Å². The van der Waals surface area contributed by atoms with Gasteiger partial charge in [-0.05, 0) is 24.6 Å². The summed E-state index contributed by atoms with van der Waals surface area (Å²) in [6.07, 6.45) is -5.29. The summed E-state index contributed by atoms with van der Waals surface area (Å²) in [6, 6.07) is 8.87. The Balaban J connectivity index is 2.15. The minimum absolute atomic E-state index is 0.0183. The van der Waals surface area contributed by atoms with Crippen LogP contribution in [0.25, 0.3) is 0 Å². The van der Waals surface area contributed by atoms with E-state index in [1.54, 1.807) is 19.1 Å². The van der Waals surface area contributed by atoms with Gasteiger partial charge in [0.15, 0.2) is 5.78 Å². The van der Waals surface area contributed by atoms with E-state index >= 15 is 0 Å². The number of urea groups is 1. The van der Waals surface area contributed by atoms with E-state index in [4.69, 9.17) is 11.6 Å².